The molecule has 0 aliphatic carbocycles. The van der Waals surface area contributed by atoms with Crippen molar-refractivity contribution in [3.05, 3.63) is 59.7 Å². The van der Waals surface area contributed by atoms with E-state index in [1.165, 1.54) is 6.07 Å². The van der Waals surface area contributed by atoms with Crippen molar-refractivity contribution in [2.75, 3.05) is 6.61 Å². The van der Waals surface area contributed by atoms with E-state index in [0.29, 0.717) is 17.9 Å². The molecular formula is C19H20O4. The normalized spacial score (nSPS) is 17.7. The zero-order valence-corrected chi connectivity index (χ0v) is 12.9. The molecule has 2 aromatic rings. The van der Waals surface area contributed by atoms with Gasteiger partial charge in [-0.1, -0.05) is 30.3 Å². The van der Waals surface area contributed by atoms with Crippen molar-refractivity contribution in [2.24, 2.45) is 0 Å². The van der Waals surface area contributed by atoms with Crippen molar-refractivity contribution in [2.45, 2.75) is 32.0 Å². The quantitative estimate of drug-likeness (QED) is 0.855. The molecule has 23 heavy (non-hydrogen) atoms. The largest absolute Gasteiger partial charge is 0.507 e. The van der Waals surface area contributed by atoms with Crippen LogP contribution in [-0.4, -0.2) is 23.8 Å². The Morgan fingerprint density at radius 2 is 2.00 bits per heavy atom. The number of Topliss-reactive ketones (excluding diaryl/α,β-unsaturated/α-hetero) is 1. The first-order valence-corrected chi connectivity index (χ1v) is 7.91. The summed E-state index contributed by atoms with van der Waals surface area (Å²) in [5, 5.41) is 10.1. The van der Waals surface area contributed by atoms with Crippen molar-refractivity contribution in [1.82, 2.24) is 0 Å². The van der Waals surface area contributed by atoms with E-state index in [-0.39, 0.29) is 24.2 Å². The fraction of sp³-hybridized carbons (Fsp3) is 0.316. The number of ketones is 1. The van der Waals surface area contributed by atoms with Gasteiger partial charge in [0.25, 0.3) is 0 Å². The first kappa shape index (κ1) is 15.6. The number of carbonyl (C=O) groups is 1. The topological polar surface area (TPSA) is 55.8 Å². The Morgan fingerprint density at radius 1 is 1.17 bits per heavy atom. The predicted octanol–water partition coefficient (Wildman–Crippen LogP) is 3.72. The number of aromatic hydroxyl groups is 1. The van der Waals surface area contributed by atoms with Crippen LogP contribution in [0.25, 0.3) is 0 Å². The van der Waals surface area contributed by atoms with E-state index in [0.717, 1.165) is 24.8 Å². The molecule has 1 aliphatic rings. The van der Waals surface area contributed by atoms with Gasteiger partial charge in [-0.05, 0) is 30.5 Å². The van der Waals surface area contributed by atoms with Gasteiger partial charge in [-0.15, -0.1) is 0 Å². The van der Waals surface area contributed by atoms with E-state index in [2.05, 4.69) is 0 Å². The first-order chi connectivity index (χ1) is 11.2. The summed E-state index contributed by atoms with van der Waals surface area (Å²) in [5.41, 5.74) is 1.23. The van der Waals surface area contributed by atoms with Crippen molar-refractivity contribution < 1.29 is 19.4 Å². The van der Waals surface area contributed by atoms with Gasteiger partial charge in [0.2, 0.25) is 0 Å². The van der Waals surface area contributed by atoms with E-state index in [1.54, 1.807) is 12.1 Å². The average Bonchev–Trinajstić information content (AvgIpc) is 2.57. The number of carbonyl (C=O) groups excluding carboxylic acids is 1. The number of ether oxygens (including phenoxy) is 2. The monoisotopic (exact) mass is 312 g/mol. The summed E-state index contributed by atoms with van der Waals surface area (Å²) in [6.07, 6.45) is 2.96. The van der Waals surface area contributed by atoms with Crippen LogP contribution in [0.1, 0.15) is 35.2 Å². The van der Waals surface area contributed by atoms with E-state index in [9.17, 15) is 9.90 Å². The van der Waals surface area contributed by atoms with E-state index in [4.69, 9.17) is 9.47 Å². The van der Waals surface area contributed by atoms with Crippen LogP contribution in [0.4, 0.5) is 0 Å². The van der Waals surface area contributed by atoms with Crippen LogP contribution in [0.3, 0.4) is 0 Å². The highest BCUT2D eigenvalue weighted by atomic mass is 16.7. The van der Waals surface area contributed by atoms with Gasteiger partial charge in [-0.3, -0.25) is 4.79 Å². The fourth-order valence-corrected chi connectivity index (χ4v) is 2.65. The Morgan fingerprint density at radius 3 is 2.70 bits per heavy atom. The van der Waals surface area contributed by atoms with Gasteiger partial charge in [0.15, 0.2) is 12.1 Å². The lowest BCUT2D eigenvalue weighted by Crippen LogP contribution is -2.24. The number of hydrogen-bond acceptors (Lipinski definition) is 4. The standard InChI is InChI=1S/C19H20O4/c20-17(12-14-6-2-1-3-7-14)16-10-9-15(13-18(16)21)23-19-8-4-5-11-22-19/h1-3,6-7,9-10,13,19,21H,4-5,8,11-12H2. The van der Waals surface area contributed by atoms with Crippen LogP contribution in [0.15, 0.2) is 48.5 Å². The summed E-state index contributed by atoms with van der Waals surface area (Å²) in [4.78, 5) is 12.3. The Labute approximate surface area is 135 Å². The van der Waals surface area contributed by atoms with Gasteiger partial charge in [-0.25, -0.2) is 0 Å². The highest BCUT2D eigenvalue weighted by Crippen LogP contribution is 2.27. The maximum atomic E-state index is 12.3. The van der Waals surface area contributed by atoms with Crippen LogP contribution >= 0.6 is 0 Å². The van der Waals surface area contributed by atoms with Crippen LogP contribution in [0.5, 0.6) is 11.5 Å². The lowest BCUT2D eigenvalue weighted by Gasteiger charge is -2.23. The molecule has 1 fully saturated rings. The molecule has 1 N–H and O–H groups in total. The van der Waals surface area contributed by atoms with Gasteiger partial charge in [0.05, 0.1) is 12.2 Å². The molecule has 1 aliphatic heterocycles. The van der Waals surface area contributed by atoms with Crippen molar-refractivity contribution in [3.8, 4) is 11.5 Å². The molecule has 0 amide bonds. The number of phenols is 1. The number of hydrogen-bond donors (Lipinski definition) is 1. The van der Waals surface area contributed by atoms with Crippen molar-refractivity contribution in [1.29, 1.82) is 0 Å². The lowest BCUT2D eigenvalue weighted by atomic mass is 10.0. The summed E-state index contributed by atoms with van der Waals surface area (Å²) in [5.74, 6) is 0.346. The van der Waals surface area contributed by atoms with Crippen LogP contribution in [0, 0.1) is 0 Å². The van der Waals surface area contributed by atoms with Crippen molar-refractivity contribution in [3.63, 3.8) is 0 Å². The molecule has 2 aromatic carbocycles. The first-order valence-electron chi connectivity index (χ1n) is 7.91. The summed E-state index contributed by atoms with van der Waals surface area (Å²) in [7, 11) is 0. The van der Waals surface area contributed by atoms with Gasteiger partial charge in [0.1, 0.15) is 11.5 Å². The molecular weight excluding hydrogens is 292 g/mol. The lowest BCUT2D eigenvalue weighted by molar-refractivity contribution is -0.105. The fourth-order valence-electron chi connectivity index (χ4n) is 2.65. The van der Waals surface area contributed by atoms with E-state index < -0.39 is 0 Å². The molecule has 0 bridgehead atoms. The van der Waals surface area contributed by atoms with Crippen molar-refractivity contribution >= 4 is 5.78 Å². The Bertz CT molecular complexity index is 660. The van der Waals surface area contributed by atoms with Crippen LogP contribution < -0.4 is 4.74 Å². The molecule has 1 unspecified atom stereocenters. The molecule has 0 aromatic heterocycles. The molecule has 1 heterocycles. The van der Waals surface area contributed by atoms with Crippen LogP contribution in [-0.2, 0) is 11.2 Å². The van der Waals surface area contributed by atoms with E-state index >= 15 is 0 Å². The van der Waals surface area contributed by atoms with Gasteiger partial charge >= 0.3 is 0 Å². The maximum absolute atomic E-state index is 12.3. The molecule has 1 atom stereocenters. The summed E-state index contributed by atoms with van der Waals surface area (Å²) >= 11 is 0. The third-order valence-corrected chi connectivity index (χ3v) is 3.88. The number of phenolic OH excluding ortho intramolecular Hbond substituents is 1. The summed E-state index contributed by atoms with van der Waals surface area (Å²) in [6.45, 7) is 0.699. The minimum absolute atomic E-state index is 0.0563. The average molecular weight is 312 g/mol. The molecule has 120 valence electrons. The number of rotatable bonds is 5. The predicted molar refractivity (Wildman–Crippen MR) is 86.8 cm³/mol. The molecule has 0 radical (unpaired) electrons. The molecule has 4 nitrogen and oxygen atoms in total. The Kier molecular flexibility index (Phi) is 4.93. The molecule has 1 saturated heterocycles. The smallest absolute Gasteiger partial charge is 0.199 e. The zero-order valence-electron chi connectivity index (χ0n) is 12.9. The van der Waals surface area contributed by atoms with Crippen LogP contribution in [0.2, 0.25) is 0 Å². The molecule has 4 heteroatoms. The Hall–Kier alpha value is -2.33. The Balaban J connectivity index is 1.67. The molecule has 0 spiro atoms. The maximum Gasteiger partial charge on any atom is 0.199 e. The third kappa shape index (κ3) is 4.11. The second kappa shape index (κ2) is 7.29. The second-order valence-electron chi connectivity index (χ2n) is 5.68. The SMILES string of the molecule is O=C(Cc1ccccc1)c1ccc(OC2CCCCO2)cc1O. The highest BCUT2D eigenvalue weighted by molar-refractivity contribution is 6.00. The molecule has 0 saturated carbocycles. The zero-order chi connectivity index (χ0) is 16.1. The van der Waals surface area contributed by atoms with Gasteiger partial charge in [-0.2, -0.15) is 0 Å². The number of benzene rings is 2. The van der Waals surface area contributed by atoms with Gasteiger partial charge in [0, 0.05) is 18.9 Å². The molecule has 3 rings (SSSR count). The van der Waals surface area contributed by atoms with E-state index in [1.807, 2.05) is 30.3 Å². The summed E-state index contributed by atoms with van der Waals surface area (Å²) in [6, 6.07) is 14.3. The summed E-state index contributed by atoms with van der Waals surface area (Å²) < 4.78 is 11.2. The second-order valence-corrected chi connectivity index (χ2v) is 5.68. The van der Waals surface area contributed by atoms with Gasteiger partial charge < -0.3 is 14.6 Å². The third-order valence-electron chi connectivity index (χ3n) is 3.88. The highest BCUT2D eigenvalue weighted by Gasteiger charge is 2.17. The minimum atomic E-state index is -0.269. The minimum Gasteiger partial charge on any atom is -0.507 e.